The van der Waals surface area contributed by atoms with Crippen LogP contribution in [0, 0.1) is 17.1 Å². The number of nitriles is 1. The Labute approximate surface area is 96.6 Å². The van der Waals surface area contributed by atoms with Crippen LogP contribution in [0.25, 0.3) is 0 Å². The predicted octanol–water partition coefficient (Wildman–Crippen LogP) is 1.50. The minimum atomic E-state index is -0.614. The van der Waals surface area contributed by atoms with E-state index >= 15 is 0 Å². The predicted molar refractivity (Wildman–Crippen MR) is 55.5 cm³/mol. The maximum absolute atomic E-state index is 13.0. The molecule has 0 spiro atoms. The van der Waals surface area contributed by atoms with Crippen molar-refractivity contribution in [2.24, 2.45) is 0 Å². The van der Waals surface area contributed by atoms with Gasteiger partial charge in [-0.05, 0) is 12.1 Å². The average molecular weight is 243 g/mol. The van der Waals surface area contributed by atoms with E-state index in [0.717, 1.165) is 6.07 Å². The van der Waals surface area contributed by atoms with Crippen molar-refractivity contribution in [2.75, 3.05) is 13.2 Å². The third kappa shape index (κ3) is 3.75. The molecule has 84 valence electrons. The van der Waals surface area contributed by atoms with Crippen LogP contribution >= 0.6 is 11.6 Å². The highest BCUT2D eigenvalue weighted by Gasteiger charge is 2.04. The smallest absolute Gasteiger partial charge is 0.258 e. The molecule has 0 aliphatic heterocycles. The zero-order valence-electron chi connectivity index (χ0n) is 8.17. The van der Waals surface area contributed by atoms with Gasteiger partial charge in [-0.25, -0.2) is 4.39 Å². The summed E-state index contributed by atoms with van der Waals surface area (Å²) in [5.74, 6) is -0.859. The van der Waals surface area contributed by atoms with Crippen LogP contribution in [0.15, 0.2) is 18.2 Å². The summed E-state index contributed by atoms with van der Waals surface area (Å²) >= 11 is 5.47. The summed E-state index contributed by atoms with van der Waals surface area (Å²) in [6, 6.07) is 5.61. The maximum Gasteiger partial charge on any atom is 0.258 e. The van der Waals surface area contributed by atoms with Crippen LogP contribution in [0.3, 0.4) is 0 Å². The van der Waals surface area contributed by atoms with Gasteiger partial charge in [-0.15, -0.1) is 0 Å². The molecule has 16 heavy (non-hydrogen) atoms. The first-order chi connectivity index (χ1) is 7.63. The Morgan fingerprint density at radius 2 is 2.38 bits per heavy atom. The lowest BCUT2D eigenvalue weighted by Crippen LogP contribution is -2.29. The van der Waals surface area contributed by atoms with Gasteiger partial charge < -0.3 is 10.1 Å². The van der Waals surface area contributed by atoms with Gasteiger partial charge in [0, 0.05) is 6.07 Å². The number of halogens is 2. The van der Waals surface area contributed by atoms with Crippen LogP contribution in [0.4, 0.5) is 4.39 Å². The van der Waals surface area contributed by atoms with E-state index in [1.165, 1.54) is 12.1 Å². The molecule has 0 saturated carbocycles. The maximum atomic E-state index is 13.0. The molecule has 0 radical (unpaired) electrons. The van der Waals surface area contributed by atoms with Crippen LogP contribution in [-0.2, 0) is 4.79 Å². The number of amides is 1. The number of benzene rings is 1. The molecule has 0 unspecified atom stereocenters. The fraction of sp³-hybridized carbons (Fsp3) is 0.200. The molecule has 1 aromatic carbocycles. The van der Waals surface area contributed by atoms with Crippen molar-refractivity contribution in [3.8, 4) is 11.8 Å². The summed E-state index contributed by atoms with van der Waals surface area (Å²) in [6.07, 6.45) is 0. The van der Waals surface area contributed by atoms with Crippen molar-refractivity contribution in [2.45, 2.75) is 0 Å². The van der Waals surface area contributed by atoms with Gasteiger partial charge in [0.25, 0.3) is 5.91 Å². The molecule has 0 atom stereocenters. The number of hydrogen-bond acceptors (Lipinski definition) is 3. The zero-order chi connectivity index (χ0) is 12.0. The molecular weight excluding hydrogens is 235 g/mol. The van der Waals surface area contributed by atoms with Gasteiger partial charge in [0.15, 0.2) is 6.61 Å². The van der Waals surface area contributed by atoms with Crippen molar-refractivity contribution in [3.63, 3.8) is 0 Å². The normalized spacial score (nSPS) is 9.31. The molecule has 4 nitrogen and oxygen atoms in total. The van der Waals surface area contributed by atoms with E-state index in [9.17, 15) is 9.18 Å². The van der Waals surface area contributed by atoms with Crippen molar-refractivity contribution < 1.29 is 13.9 Å². The van der Waals surface area contributed by atoms with Gasteiger partial charge in [-0.2, -0.15) is 5.26 Å². The summed E-state index contributed by atoms with van der Waals surface area (Å²) in [6.45, 7) is -0.361. The standard InChI is InChI=1S/C10H8ClFN2O2/c11-8-2-1-7(5-9(8)12)16-6-10(15)14-4-3-13/h1-2,5H,4,6H2,(H,14,15). The van der Waals surface area contributed by atoms with E-state index < -0.39 is 11.7 Å². The van der Waals surface area contributed by atoms with Crippen molar-refractivity contribution in [1.29, 1.82) is 5.26 Å². The lowest BCUT2D eigenvalue weighted by molar-refractivity contribution is -0.122. The summed E-state index contributed by atoms with van der Waals surface area (Å²) in [4.78, 5) is 11.0. The summed E-state index contributed by atoms with van der Waals surface area (Å²) < 4.78 is 17.9. The Hall–Kier alpha value is -1.80. The molecule has 0 bridgehead atoms. The van der Waals surface area contributed by atoms with Gasteiger partial charge in [0.05, 0.1) is 11.1 Å². The molecule has 6 heteroatoms. The highest BCUT2D eigenvalue weighted by molar-refractivity contribution is 6.30. The van der Waals surface area contributed by atoms with E-state index in [-0.39, 0.29) is 23.9 Å². The first-order valence-electron chi connectivity index (χ1n) is 4.35. The second-order valence-corrected chi connectivity index (χ2v) is 3.21. The summed E-state index contributed by atoms with van der Waals surface area (Å²) in [5.41, 5.74) is 0. The van der Waals surface area contributed by atoms with E-state index in [1.54, 1.807) is 6.07 Å². The number of nitrogens with zero attached hydrogens (tertiary/aromatic N) is 1. The molecule has 1 N–H and O–H groups in total. The second-order valence-electron chi connectivity index (χ2n) is 2.80. The number of rotatable bonds is 4. The van der Waals surface area contributed by atoms with Crippen LogP contribution in [0.1, 0.15) is 0 Å². The summed E-state index contributed by atoms with van der Waals surface area (Å²) in [5, 5.41) is 10.5. The number of hydrogen-bond donors (Lipinski definition) is 1. The highest BCUT2D eigenvalue weighted by atomic mass is 35.5. The van der Waals surface area contributed by atoms with Gasteiger partial charge >= 0.3 is 0 Å². The Morgan fingerprint density at radius 3 is 3.00 bits per heavy atom. The van der Waals surface area contributed by atoms with Crippen LogP contribution in [-0.4, -0.2) is 19.1 Å². The minimum Gasteiger partial charge on any atom is -0.484 e. The van der Waals surface area contributed by atoms with Crippen LogP contribution < -0.4 is 10.1 Å². The number of carbonyl (C=O) groups excluding carboxylic acids is 1. The van der Waals surface area contributed by atoms with Crippen molar-refractivity contribution in [3.05, 3.63) is 29.0 Å². The van der Waals surface area contributed by atoms with Crippen molar-refractivity contribution >= 4 is 17.5 Å². The fourth-order valence-electron chi connectivity index (χ4n) is 0.905. The fourth-order valence-corrected chi connectivity index (χ4v) is 1.02. The third-order valence-electron chi connectivity index (χ3n) is 1.63. The monoisotopic (exact) mass is 242 g/mol. The Balaban J connectivity index is 2.46. The molecule has 1 aromatic rings. The first kappa shape index (κ1) is 12.3. The van der Waals surface area contributed by atoms with Gasteiger partial charge in [0.1, 0.15) is 18.1 Å². The number of ether oxygens (including phenoxy) is 1. The van der Waals surface area contributed by atoms with Crippen molar-refractivity contribution in [1.82, 2.24) is 5.32 Å². The molecule has 1 rings (SSSR count). The molecule has 0 aliphatic carbocycles. The van der Waals surface area contributed by atoms with E-state index in [1.807, 2.05) is 0 Å². The van der Waals surface area contributed by atoms with E-state index in [0.29, 0.717) is 0 Å². The lowest BCUT2D eigenvalue weighted by Gasteiger charge is -2.05. The Kier molecular flexibility index (Phi) is 4.55. The Morgan fingerprint density at radius 1 is 1.62 bits per heavy atom. The van der Waals surface area contributed by atoms with E-state index in [4.69, 9.17) is 21.6 Å². The average Bonchev–Trinajstić information content (AvgIpc) is 2.28. The van der Waals surface area contributed by atoms with E-state index in [2.05, 4.69) is 5.32 Å². The molecular formula is C10H8ClFN2O2. The SMILES string of the molecule is N#CCNC(=O)COc1ccc(Cl)c(F)c1. The topological polar surface area (TPSA) is 62.1 Å². The van der Waals surface area contributed by atoms with Gasteiger partial charge in [-0.3, -0.25) is 4.79 Å². The number of nitrogens with one attached hydrogen (secondary N) is 1. The minimum absolute atomic E-state index is 0.0127. The molecule has 0 aromatic heterocycles. The molecule has 0 aliphatic rings. The van der Waals surface area contributed by atoms with Gasteiger partial charge in [-0.1, -0.05) is 11.6 Å². The first-order valence-corrected chi connectivity index (χ1v) is 4.73. The summed E-state index contributed by atoms with van der Waals surface area (Å²) in [7, 11) is 0. The number of carbonyl (C=O) groups is 1. The lowest BCUT2D eigenvalue weighted by atomic mass is 10.3. The highest BCUT2D eigenvalue weighted by Crippen LogP contribution is 2.20. The zero-order valence-corrected chi connectivity index (χ0v) is 8.92. The second kappa shape index (κ2) is 5.93. The van der Waals surface area contributed by atoms with Crippen LogP contribution in [0.2, 0.25) is 5.02 Å². The molecule has 0 fully saturated rings. The quantitative estimate of drug-likeness (QED) is 0.814. The molecule has 0 saturated heterocycles. The molecule has 1 amide bonds. The van der Waals surface area contributed by atoms with Gasteiger partial charge in [0.2, 0.25) is 0 Å². The molecule has 0 heterocycles. The third-order valence-corrected chi connectivity index (χ3v) is 1.93. The Bertz CT molecular complexity index is 431. The van der Waals surface area contributed by atoms with Crippen LogP contribution in [0.5, 0.6) is 5.75 Å². The largest absolute Gasteiger partial charge is 0.484 e.